The first-order chi connectivity index (χ1) is 7.83. The number of nitrogens with zero attached hydrogens (tertiary/aromatic N) is 4. The van der Waals surface area contributed by atoms with Crippen LogP contribution in [0.5, 0.6) is 0 Å². The zero-order chi connectivity index (χ0) is 11.4. The number of carbonyl (C=O) groups excluding carboxylic acids is 1. The van der Waals surface area contributed by atoms with Gasteiger partial charge in [-0.2, -0.15) is 4.68 Å². The Balaban J connectivity index is 2.23. The molecule has 2 rings (SSSR count). The van der Waals surface area contributed by atoms with Crippen molar-refractivity contribution in [1.82, 2.24) is 25.5 Å². The molecular formula is C8H10N6OS. The van der Waals surface area contributed by atoms with Crippen molar-refractivity contribution >= 4 is 17.2 Å². The van der Waals surface area contributed by atoms with Crippen molar-refractivity contribution in [3.63, 3.8) is 0 Å². The van der Waals surface area contributed by atoms with Crippen LogP contribution < -0.4 is 11.1 Å². The third-order valence-corrected chi connectivity index (χ3v) is 2.78. The number of carbonyl (C=O) groups is 1. The molecule has 0 atom stereocenters. The van der Waals surface area contributed by atoms with Gasteiger partial charge in [-0.25, -0.2) is 0 Å². The van der Waals surface area contributed by atoms with E-state index in [4.69, 9.17) is 5.73 Å². The maximum absolute atomic E-state index is 11.7. The van der Waals surface area contributed by atoms with Crippen molar-refractivity contribution in [1.29, 1.82) is 0 Å². The van der Waals surface area contributed by atoms with Crippen molar-refractivity contribution in [2.24, 2.45) is 5.73 Å². The quantitative estimate of drug-likeness (QED) is 0.742. The maximum Gasteiger partial charge on any atom is 0.263 e. The Hall–Kier alpha value is -1.80. The monoisotopic (exact) mass is 238 g/mol. The van der Waals surface area contributed by atoms with Gasteiger partial charge >= 0.3 is 0 Å². The Labute approximate surface area is 95.3 Å². The molecule has 0 saturated carbocycles. The number of rotatable bonds is 4. The highest BCUT2D eigenvalue weighted by molar-refractivity contribution is 7.12. The van der Waals surface area contributed by atoms with Gasteiger partial charge in [0, 0.05) is 13.1 Å². The standard InChI is InChI=1S/C8H10N6OS/c9-2-3-10-8(15)7-6(1-4-16-7)14-5-11-12-13-14/h1,4-5H,2-3,9H2,(H,10,15). The number of hydrogen-bond acceptors (Lipinski definition) is 6. The molecule has 3 N–H and O–H groups in total. The minimum Gasteiger partial charge on any atom is -0.350 e. The topological polar surface area (TPSA) is 98.7 Å². The molecule has 84 valence electrons. The number of amides is 1. The highest BCUT2D eigenvalue weighted by Crippen LogP contribution is 2.19. The van der Waals surface area contributed by atoms with E-state index >= 15 is 0 Å². The molecule has 8 heteroatoms. The van der Waals surface area contributed by atoms with E-state index in [1.54, 1.807) is 6.07 Å². The molecule has 0 aromatic carbocycles. The average molecular weight is 238 g/mol. The summed E-state index contributed by atoms with van der Waals surface area (Å²) in [6, 6.07) is 1.79. The fourth-order valence-electron chi connectivity index (χ4n) is 1.19. The van der Waals surface area contributed by atoms with Gasteiger partial charge in [-0.15, -0.1) is 16.4 Å². The van der Waals surface area contributed by atoms with Crippen LogP contribution in [0.2, 0.25) is 0 Å². The third kappa shape index (κ3) is 2.07. The predicted molar refractivity (Wildman–Crippen MR) is 58.4 cm³/mol. The van der Waals surface area contributed by atoms with Crippen LogP contribution in [0.1, 0.15) is 9.67 Å². The zero-order valence-electron chi connectivity index (χ0n) is 8.33. The van der Waals surface area contributed by atoms with Crippen LogP contribution >= 0.6 is 11.3 Å². The van der Waals surface area contributed by atoms with Gasteiger partial charge in [-0.05, 0) is 21.9 Å². The molecule has 0 saturated heterocycles. The van der Waals surface area contributed by atoms with Gasteiger partial charge in [0.25, 0.3) is 5.91 Å². The number of nitrogens with one attached hydrogen (secondary N) is 1. The van der Waals surface area contributed by atoms with E-state index in [-0.39, 0.29) is 5.91 Å². The van der Waals surface area contributed by atoms with Crippen molar-refractivity contribution in [2.75, 3.05) is 13.1 Å². The van der Waals surface area contributed by atoms with Gasteiger partial charge in [-0.1, -0.05) is 0 Å². The normalized spacial score (nSPS) is 10.3. The largest absolute Gasteiger partial charge is 0.350 e. The molecule has 0 aliphatic heterocycles. The first kappa shape index (κ1) is 10.7. The molecule has 0 aliphatic carbocycles. The lowest BCUT2D eigenvalue weighted by Crippen LogP contribution is -2.29. The van der Waals surface area contributed by atoms with Crippen LogP contribution in [0.3, 0.4) is 0 Å². The lowest BCUT2D eigenvalue weighted by atomic mass is 10.3. The second kappa shape index (κ2) is 4.81. The van der Waals surface area contributed by atoms with E-state index in [1.807, 2.05) is 5.38 Å². The van der Waals surface area contributed by atoms with Gasteiger partial charge in [0.1, 0.15) is 11.2 Å². The summed E-state index contributed by atoms with van der Waals surface area (Å²) >= 11 is 1.34. The molecule has 16 heavy (non-hydrogen) atoms. The van der Waals surface area contributed by atoms with Gasteiger partial charge < -0.3 is 11.1 Å². The fraction of sp³-hybridized carbons (Fsp3) is 0.250. The summed E-state index contributed by atoms with van der Waals surface area (Å²) in [6.07, 6.45) is 1.45. The van der Waals surface area contributed by atoms with Gasteiger partial charge in [0.05, 0.1) is 5.69 Å². The molecule has 1 amide bonds. The van der Waals surface area contributed by atoms with Crippen LogP contribution in [0, 0.1) is 0 Å². The minimum atomic E-state index is -0.161. The lowest BCUT2D eigenvalue weighted by Gasteiger charge is -2.03. The molecule has 2 aromatic rings. The van der Waals surface area contributed by atoms with Gasteiger partial charge in [0.15, 0.2) is 0 Å². The summed E-state index contributed by atoms with van der Waals surface area (Å²) in [7, 11) is 0. The predicted octanol–water partition coefficient (Wildman–Crippen LogP) is -0.588. The van der Waals surface area contributed by atoms with Crippen LogP contribution in [-0.2, 0) is 0 Å². The number of thiophene rings is 1. The summed E-state index contributed by atoms with van der Waals surface area (Å²) in [5.41, 5.74) is 5.98. The Morgan fingerprint density at radius 2 is 2.50 bits per heavy atom. The van der Waals surface area contributed by atoms with E-state index < -0.39 is 0 Å². The number of nitrogens with two attached hydrogens (primary N) is 1. The van der Waals surface area contributed by atoms with Crippen LogP contribution in [0.15, 0.2) is 17.8 Å². The smallest absolute Gasteiger partial charge is 0.263 e. The van der Waals surface area contributed by atoms with E-state index in [9.17, 15) is 4.79 Å². The maximum atomic E-state index is 11.7. The number of tetrazole rings is 1. The van der Waals surface area contributed by atoms with Crippen molar-refractivity contribution in [2.45, 2.75) is 0 Å². The van der Waals surface area contributed by atoms with Crippen LogP contribution in [-0.4, -0.2) is 39.2 Å². The molecule has 0 aliphatic rings. The zero-order valence-corrected chi connectivity index (χ0v) is 9.15. The van der Waals surface area contributed by atoms with E-state index in [0.717, 1.165) is 0 Å². The first-order valence-electron chi connectivity index (χ1n) is 4.62. The van der Waals surface area contributed by atoms with E-state index in [1.165, 1.54) is 22.3 Å². The molecule has 0 radical (unpaired) electrons. The molecular weight excluding hydrogens is 228 g/mol. The third-order valence-electron chi connectivity index (χ3n) is 1.88. The minimum absolute atomic E-state index is 0.161. The summed E-state index contributed by atoms with van der Waals surface area (Å²) in [4.78, 5) is 12.3. The highest BCUT2D eigenvalue weighted by Gasteiger charge is 2.14. The highest BCUT2D eigenvalue weighted by atomic mass is 32.1. The van der Waals surface area contributed by atoms with Crippen molar-refractivity contribution < 1.29 is 4.79 Å². The molecule has 0 unspecified atom stereocenters. The molecule has 2 heterocycles. The molecule has 0 spiro atoms. The second-order valence-electron chi connectivity index (χ2n) is 2.93. The molecule has 0 fully saturated rings. The average Bonchev–Trinajstić information content (AvgIpc) is 2.94. The molecule has 7 nitrogen and oxygen atoms in total. The summed E-state index contributed by atoms with van der Waals surface area (Å²) in [6.45, 7) is 0.864. The molecule has 2 aromatic heterocycles. The summed E-state index contributed by atoms with van der Waals surface area (Å²) in [5.74, 6) is -0.161. The number of aromatic nitrogens is 4. The second-order valence-corrected chi connectivity index (χ2v) is 3.85. The summed E-state index contributed by atoms with van der Waals surface area (Å²) in [5, 5.41) is 15.3. The Morgan fingerprint density at radius 1 is 1.62 bits per heavy atom. The number of hydrogen-bond donors (Lipinski definition) is 2. The SMILES string of the molecule is NCCNC(=O)c1sccc1-n1cnnn1. The van der Waals surface area contributed by atoms with Crippen molar-refractivity contribution in [3.05, 3.63) is 22.7 Å². The van der Waals surface area contributed by atoms with Gasteiger partial charge in [0.2, 0.25) is 0 Å². The molecule has 0 bridgehead atoms. The van der Waals surface area contributed by atoms with Crippen LogP contribution in [0.25, 0.3) is 5.69 Å². The first-order valence-corrected chi connectivity index (χ1v) is 5.50. The lowest BCUT2D eigenvalue weighted by molar-refractivity contribution is 0.0958. The Morgan fingerprint density at radius 3 is 3.19 bits per heavy atom. The van der Waals surface area contributed by atoms with E-state index in [2.05, 4.69) is 20.8 Å². The Bertz CT molecular complexity index is 465. The fourth-order valence-corrected chi connectivity index (χ4v) is 1.99. The summed E-state index contributed by atoms with van der Waals surface area (Å²) < 4.78 is 1.45. The Kier molecular flexibility index (Phi) is 3.22. The van der Waals surface area contributed by atoms with Gasteiger partial charge in [-0.3, -0.25) is 4.79 Å². The van der Waals surface area contributed by atoms with E-state index in [0.29, 0.717) is 23.7 Å². The van der Waals surface area contributed by atoms with Crippen molar-refractivity contribution in [3.8, 4) is 5.69 Å². The van der Waals surface area contributed by atoms with Crippen LogP contribution in [0.4, 0.5) is 0 Å².